The van der Waals surface area contributed by atoms with Crippen LogP contribution in [0, 0.1) is 12.7 Å². The molecule has 0 aliphatic heterocycles. The summed E-state index contributed by atoms with van der Waals surface area (Å²) >= 11 is 0. The van der Waals surface area contributed by atoms with E-state index in [0.717, 1.165) is 22.3 Å². The highest BCUT2D eigenvalue weighted by molar-refractivity contribution is 5.74. The van der Waals surface area contributed by atoms with Crippen molar-refractivity contribution in [3.8, 4) is 34.0 Å². The van der Waals surface area contributed by atoms with Crippen molar-refractivity contribution in [2.45, 2.75) is 46.4 Å². The number of nitrogens with zero attached hydrogens (tertiary/aromatic N) is 3. The molecule has 204 valence electrons. The molecule has 0 bridgehead atoms. The summed E-state index contributed by atoms with van der Waals surface area (Å²) in [6, 6.07) is 19.1. The molecule has 0 fully saturated rings. The summed E-state index contributed by atoms with van der Waals surface area (Å²) in [5, 5.41) is 4.06. The van der Waals surface area contributed by atoms with E-state index in [1.54, 1.807) is 37.3 Å². The number of ether oxygens (including phenoxy) is 2. The van der Waals surface area contributed by atoms with Gasteiger partial charge in [0.2, 0.25) is 5.82 Å². The Bertz CT molecular complexity index is 1460. The van der Waals surface area contributed by atoms with Crippen LogP contribution in [0.5, 0.6) is 0 Å². The van der Waals surface area contributed by atoms with Crippen LogP contribution in [-0.4, -0.2) is 47.3 Å². The molecule has 0 aliphatic carbocycles. The molecule has 0 unspecified atom stereocenters. The lowest BCUT2D eigenvalue weighted by Gasteiger charge is -2.22. The molecular weight excluding hydrogens is 497 g/mol. The van der Waals surface area contributed by atoms with Gasteiger partial charge in [0.25, 0.3) is 5.89 Å². The van der Waals surface area contributed by atoms with E-state index < -0.39 is 11.4 Å². The molecule has 0 saturated heterocycles. The molecular formula is C31H34FN3O4. The molecule has 0 aliphatic rings. The summed E-state index contributed by atoms with van der Waals surface area (Å²) < 4.78 is 31.9. The summed E-state index contributed by atoms with van der Waals surface area (Å²) in [4.78, 5) is 18.4. The van der Waals surface area contributed by atoms with E-state index >= 15 is 4.39 Å². The standard InChI is InChI=1S/C31H34FN3O4/c1-20-10-7-8-12-24(20)25-15-14-21(16-23(25)19-37-6)30-33-29(34-39-30)26-13-9-11-22(28(26)32)17-35(5)18-27(36)38-31(2,3)4/h7-16H,17-19H2,1-6H3. The van der Waals surface area contributed by atoms with Gasteiger partial charge >= 0.3 is 5.97 Å². The van der Waals surface area contributed by atoms with E-state index in [1.165, 1.54) is 0 Å². The molecule has 8 heteroatoms. The second-order valence-corrected chi connectivity index (χ2v) is 10.6. The number of likely N-dealkylation sites (N-methyl/N-ethyl adjacent to an activating group) is 1. The average molecular weight is 532 g/mol. The Kier molecular flexibility index (Phi) is 8.57. The maximum Gasteiger partial charge on any atom is 0.320 e. The maximum atomic E-state index is 15.5. The van der Waals surface area contributed by atoms with Crippen molar-refractivity contribution in [3.63, 3.8) is 0 Å². The fourth-order valence-electron chi connectivity index (χ4n) is 4.41. The van der Waals surface area contributed by atoms with Crippen molar-refractivity contribution in [3.05, 3.63) is 83.2 Å². The number of hydrogen-bond acceptors (Lipinski definition) is 7. The van der Waals surface area contributed by atoms with Gasteiger partial charge in [-0.1, -0.05) is 47.6 Å². The largest absolute Gasteiger partial charge is 0.459 e. The molecule has 0 atom stereocenters. The van der Waals surface area contributed by atoms with E-state index in [4.69, 9.17) is 14.0 Å². The van der Waals surface area contributed by atoms with Gasteiger partial charge in [-0.05, 0) is 75.2 Å². The summed E-state index contributed by atoms with van der Waals surface area (Å²) in [5.41, 5.74) is 5.10. The first kappa shape index (κ1) is 28.1. The third kappa shape index (κ3) is 6.96. The summed E-state index contributed by atoms with van der Waals surface area (Å²) in [6.45, 7) is 8.16. The zero-order valence-corrected chi connectivity index (χ0v) is 23.2. The van der Waals surface area contributed by atoms with E-state index in [9.17, 15) is 4.79 Å². The number of carbonyl (C=O) groups is 1. The van der Waals surface area contributed by atoms with Crippen LogP contribution in [0.4, 0.5) is 4.39 Å². The van der Waals surface area contributed by atoms with E-state index in [2.05, 4.69) is 29.2 Å². The van der Waals surface area contributed by atoms with Crippen molar-refractivity contribution >= 4 is 5.97 Å². The lowest BCUT2D eigenvalue weighted by molar-refractivity contribution is -0.155. The van der Waals surface area contributed by atoms with Crippen LogP contribution in [0.3, 0.4) is 0 Å². The van der Waals surface area contributed by atoms with Crippen LogP contribution in [0.2, 0.25) is 0 Å². The molecule has 1 aromatic heterocycles. The van der Waals surface area contributed by atoms with Crippen molar-refractivity contribution in [2.24, 2.45) is 0 Å². The average Bonchev–Trinajstić information content (AvgIpc) is 3.35. The van der Waals surface area contributed by atoms with Gasteiger partial charge in [0.15, 0.2) is 0 Å². The summed E-state index contributed by atoms with van der Waals surface area (Å²) in [7, 11) is 3.39. The first-order valence-corrected chi connectivity index (χ1v) is 12.8. The number of halogens is 1. The maximum absolute atomic E-state index is 15.5. The number of aromatic nitrogens is 2. The Hall–Kier alpha value is -3.88. The predicted molar refractivity (Wildman–Crippen MR) is 148 cm³/mol. The fraction of sp³-hybridized carbons (Fsp3) is 0.323. The number of benzene rings is 3. The number of carbonyl (C=O) groups excluding carboxylic acids is 1. The Morgan fingerprint density at radius 2 is 1.74 bits per heavy atom. The van der Waals surface area contributed by atoms with E-state index in [0.29, 0.717) is 17.7 Å². The molecule has 4 rings (SSSR count). The van der Waals surface area contributed by atoms with Gasteiger partial charge in [0.05, 0.1) is 18.7 Å². The van der Waals surface area contributed by atoms with Crippen molar-refractivity contribution < 1.29 is 23.2 Å². The fourth-order valence-corrected chi connectivity index (χ4v) is 4.41. The minimum Gasteiger partial charge on any atom is -0.459 e. The highest BCUT2D eigenvalue weighted by Gasteiger charge is 2.21. The smallest absolute Gasteiger partial charge is 0.320 e. The normalized spacial score (nSPS) is 11.7. The molecule has 0 amide bonds. The van der Waals surface area contributed by atoms with Gasteiger partial charge in [0, 0.05) is 24.8 Å². The zero-order valence-electron chi connectivity index (χ0n) is 23.2. The number of esters is 1. The number of aryl methyl sites for hydroxylation is 1. The summed E-state index contributed by atoms with van der Waals surface area (Å²) in [5.74, 6) is -0.400. The van der Waals surface area contributed by atoms with Crippen molar-refractivity contribution in [2.75, 3.05) is 20.7 Å². The SMILES string of the molecule is COCc1cc(-c2nc(-c3cccc(CN(C)CC(=O)OC(C)(C)C)c3F)no2)ccc1-c1ccccc1C. The number of rotatable bonds is 9. The Morgan fingerprint density at radius 3 is 2.46 bits per heavy atom. The molecule has 0 saturated carbocycles. The van der Waals surface area contributed by atoms with Gasteiger partial charge in [-0.3, -0.25) is 9.69 Å². The first-order chi connectivity index (χ1) is 18.6. The van der Waals surface area contributed by atoms with E-state index in [-0.39, 0.29) is 36.3 Å². The third-order valence-electron chi connectivity index (χ3n) is 6.09. The molecule has 39 heavy (non-hydrogen) atoms. The first-order valence-electron chi connectivity index (χ1n) is 12.8. The zero-order chi connectivity index (χ0) is 28.2. The lowest BCUT2D eigenvalue weighted by atomic mass is 9.94. The molecule has 0 N–H and O–H groups in total. The molecule has 4 aromatic rings. The topological polar surface area (TPSA) is 77.7 Å². The Balaban J connectivity index is 1.57. The van der Waals surface area contributed by atoms with Crippen molar-refractivity contribution in [1.82, 2.24) is 15.0 Å². The second-order valence-electron chi connectivity index (χ2n) is 10.6. The lowest BCUT2D eigenvalue weighted by Crippen LogP contribution is -2.32. The van der Waals surface area contributed by atoms with E-state index in [1.807, 2.05) is 51.1 Å². The highest BCUT2D eigenvalue weighted by Crippen LogP contribution is 2.32. The van der Waals surface area contributed by atoms with Gasteiger partial charge in [0.1, 0.15) is 11.4 Å². The van der Waals surface area contributed by atoms with Crippen LogP contribution in [0.25, 0.3) is 34.0 Å². The van der Waals surface area contributed by atoms with Crippen LogP contribution in [0.1, 0.15) is 37.5 Å². The molecule has 1 heterocycles. The predicted octanol–water partition coefficient (Wildman–Crippen LogP) is 6.44. The minimum atomic E-state index is -0.579. The number of methoxy groups -OCH3 is 1. The third-order valence-corrected chi connectivity index (χ3v) is 6.09. The van der Waals surface area contributed by atoms with Crippen LogP contribution in [0.15, 0.2) is 65.2 Å². The molecule has 3 aromatic carbocycles. The monoisotopic (exact) mass is 531 g/mol. The van der Waals surface area contributed by atoms with Crippen LogP contribution >= 0.6 is 0 Å². The quantitative estimate of drug-likeness (QED) is 0.230. The van der Waals surface area contributed by atoms with Gasteiger partial charge in [-0.25, -0.2) is 4.39 Å². The summed E-state index contributed by atoms with van der Waals surface area (Å²) in [6.07, 6.45) is 0. The Labute approximate surface area is 228 Å². The highest BCUT2D eigenvalue weighted by atomic mass is 19.1. The molecule has 0 spiro atoms. The Morgan fingerprint density at radius 1 is 1.00 bits per heavy atom. The van der Waals surface area contributed by atoms with Gasteiger partial charge < -0.3 is 14.0 Å². The van der Waals surface area contributed by atoms with Crippen LogP contribution < -0.4 is 0 Å². The molecule has 0 radical (unpaired) electrons. The van der Waals surface area contributed by atoms with Gasteiger partial charge in [-0.2, -0.15) is 4.98 Å². The van der Waals surface area contributed by atoms with Crippen LogP contribution in [-0.2, 0) is 27.4 Å². The molecule has 7 nitrogen and oxygen atoms in total. The van der Waals surface area contributed by atoms with Crippen molar-refractivity contribution in [1.29, 1.82) is 0 Å². The minimum absolute atomic E-state index is 0.0373. The van der Waals surface area contributed by atoms with Gasteiger partial charge in [-0.15, -0.1) is 0 Å². The second kappa shape index (κ2) is 11.9. The number of hydrogen-bond donors (Lipinski definition) is 0.